The molecule has 0 saturated carbocycles. The normalized spacial score (nSPS) is 18.6. The van der Waals surface area contributed by atoms with Gasteiger partial charge < -0.3 is 9.80 Å². The first kappa shape index (κ1) is 19.6. The maximum atomic E-state index is 12.8. The number of carbonyl (C=O) groups is 2. The van der Waals surface area contributed by atoms with Crippen LogP contribution in [0, 0.1) is 5.92 Å². The zero-order chi connectivity index (χ0) is 20.2. The molecule has 1 aromatic heterocycles. The number of nitrogens with zero attached hydrogens (tertiary/aromatic N) is 4. The zero-order valence-electron chi connectivity index (χ0n) is 16.8. The number of hydrogen-bond acceptors (Lipinski definition) is 4. The Labute approximate surface area is 170 Å². The van der Waals surface area contributed by atoms with E-state index >= 15 is 0 Å². The second-order valence-electron chi connectivity index (χ2n) is 8.09. The average Bonchev–Trinajstić information content (AvgIpc) is 3.05. The van der Waals surface area contributed by atoms with E-state index in [1.807, 2.05) is 23.1 Å². The summed E-state index contributed by atoms with van der Waals surface area (Å²) in [6.45, 7) is 2.80. The summed E-state index contributed by atoms with van der Waals surface area (Å²) in [7, 11) is 0. The molecule has 3 heterocycles. The molecule has 7 nitrogen and oxygen atoms in total. The lowest BCUT2D eigenvalue weighted by Crippen LogP contribution is -2.46. The van der Waals surface area contributed by atoms with Crippen molar-refractivity contribution in [3.05, 3.63) is 40.8 Å². The first-order chi connectivity index (χ1) is 14.1. The predicted octanol–water partition coefficient (Wildman–Crippen LogP) is 2.04. The van der Waals surface area contributed by atoms with Gasteiger partial charge in [0, 0.05) is 37.5 Å². The molecule has 2 aliphatic heterocycles. The summed E-state index contributed by atoms with van der Waals surface area (Å²) in [5.41, 5.74) is -0.248. The third-order valence-electron chi connectivity index (χ3n) is 6.16. The molecule has 29 heavy (non-hydrogen) atoms. The van der Waals surface area contributed by atoms with Gasteiger partial charge in [0.2, 0.25) is 11.8 Å². The van der Waals surface area contributed by atoms with Gasteiger partial charge in [-0.25, -0.2) is 4.68 Å². The number of aromatic nitrogens is 2. The molecule has 7 heteroatoms. The molecule has 0 spiro atoms. The first-order valence-electron chi connectivity index (χ1n) is 10.6. The molecule has 0 radical (unpaired) electrons. The Morgan fingerprint density at radius 3 is 2.34 bits per heavy atom. The molecular formula is C22H28N4O3. The van der Waals surface area contributed by atoms with E-state index in [0.717, 1.165) is 31.3 Å². The van der Waals surface area contributed by atoms with Crippen molar-refractivity contribution >= 4 is 22.6 Å². The molecular weight excluding hydrogens is 368 g/mol. The molecule has 0 unspecified atom stereocenters. The van der Waals surface area contributed by atoms with Gasteiger partial charge in [-0.3, -0.25) is 14.4 Å². The summed E-state index contributed by atoms with van der Waals surface area (Å²) >= 11 is 0. The summed E-state index contributed by atoms with van der Waals surface area (Å²) in [4.78, 5) is 41.9. The Kier molecular flexibility index (Phi) is 5.92. The molecule has 2 amide bonds. The Bertz CT molecular complexity index is 938. The monoisotopic (exact) mass is 396 g/mol. The van der Waals surface area contributed by atoms with Gasteiger partial charge in [0.25, 0.3) is 5.56 Å². The Morgan fingerprint density at radius 1 is 0.931 bits per heavy atom. The number of benzene rings is 1. The largest absolute Gasteiger partial charge is 0.342 e. The van der Waals surface area contributed by atoms with Crippen LogP contribution in [-0.2, 0) is 16.1 Å². The SMILES string of the molecule is O=C(Cn1ncc2ccccc2c1=O)N1CCC(C(=O)N2CCCCCC2)CC1. The summed E-state index contributed by atoms with van der Waals surface area (Å²) in [5, 5.41) is 5.49. The standard InChI is InChI=1S/C22H28N4O3/c27-20(16-26-22(29)19-8-4-3-7-18(19)15-23-26)24-13-9-17(10-14-24)21(28)25-11-5-1-2-6-12-25/h3-4,7-8,15,17H,1-2,5-6,9-14,16H2. The predicted molar refractivity (Wildman–Crippen MR) is 110 cm³/mol. The number of amides is 2. The van der Waals surface area contributed by atoms with Gasteiger partial charge in [-0.2, -0.15) is 5.10 Å². The van der Waals surface area contributed by atoms with Crippen LogP contribution in [0.5, 0.6) is 0 Å². The lowest BCUT2D eigenvalue weighted by Gasteiger charge is -2.34. The fourth-order valence-electron chi connectivity index (χ4n) is 4.39. The van der Waals surface area contributed by atoms with Crippen LogP contribution in [0.1, 0.15) is 38.5 Å². The van der Waals surface area contributed by atoms with E-state index in [2.05, 4.69) is 5.10 Å². The van der Waals surface area contributed by atoms with Crippen molar-refractivity contribution < 1.29 is 9.59 Å². The topological polar surface area (TPSA) is 75.5 Å². The summed E-state index contributed by atoms with van der Waals surface area (Å²) < 4.78 is 1.24. The number of hydrogen-bond donors (Lipinski definition) is 0. The summed E-state index contributed by atoms with van der Waals surface area (Å²) in [6.07, 6.45) is 7.61. The Morgan fingerprint density at radius 2 is 1.62 bits per heavy atom. The van der Waals surface area contributed by atoms with Crippen LogP contribution in [0.3, 0.4) is 0 Å². The maximum absolute atomic E-state index is 12.8. The number of rotatable bonds is 3. The molecule has 0 aliphatic carbocycles. The van der Waals surface area contributed by atoms with Crippen molar-refractivity contribution in [1.82, 2.24) is 19.6 Å². The second kappa shape index (κ2) is 8.76. The van der Waals surface area contributed by atoms with E-state index < -0.39 is 0 Å². The average molecular weight is 396 g/mol. The minimum absolute atomic E-state index is 0.0127. The maximum Gasteiger partial charge on any atom is 0.275 e. The van der Waals surface area contributed by atoms with Crippen LogP contribution >= 0.6 is 0 Å². The second-order valence-corrected chi connectivity index (χ2v) is 8.09. The summed E-state index contributed by atoms with van der Waals surface area (Å²) in [6, 6.07) is 7.25. The molecule has 0 N–H and O–H groups in total. The fraction of sp³-hybridized carbons (Fsp3) is 0.545. The number of likely N-dealkylation sites (tertiary alicyclic amines) is 2. The van der Waals surface area contributed by atoms with Crippen molar-refractivity contribution in [1.29, 1.82) is 0 Å². The third-order valence-corrected chi connectivity index (χ3v) is 6.16. The van der Waals surface area contributed by atoms with Gasteiger partial charge in [0.05, 0.1) is 11.6 Å². The minimum Gasteiger partial charge on any atom is -0.342 e. The van der Waals surface area contributed by atoms with Gasteiger partial charge in [0.15, 0.2) is 0 Å². The van der Waals surface area contributed by atoms with Gasteiger partial charge in [-0.15, -0.1) is 0 Å². The number of carbonyl (C=O) groups excluding carboxylic acids is 2. The number of fused-ring (bicyclic) bond motifs is 1. The van der Waals surface area contributed by atoms with Crippen molar-refractivity contribution in [3.8, 4) is 0 Å². The number of piperidine rings is 1. The molecule has 4 rings (SSSR count). The van der Waals surface area contributed by atoms with Crippen molar-refractivity contribution in [2.45, 2.75) is 45.1 Å². The van der Waals surface area contributed by atoms with Gasteiger partial charge >= 0.3 is 0 Å². The fourth-order valence-corrected chi connectivity index (χ4v) is 4.39. The van der Waals surface area contributed by atoms with E-state index in [1.165, 1.54) is 17.5 Å². The third kappa shape index (κ3) is 4.33. The Hall–Kier alpha value is -2.70. The van der Waals surface area contributed by atoms with Crippen LogP contribution in [0.15, 0.2) is 35.3 Å². The molecule has 2 aromatic rings. The zero-order valence-corrected chi connectivity index (χ0v) is 16.8. The molecule has 1 aromatic carbocycles. The van der Waals surface area contributed by atoms with Crippen LogP contribution in [0.4, 0.5) is 0 Å². The smallest absolute Gasteiger partial charge is 0.275 e. The lowest BCUT2D eigenvalue weighted by molar-refractivity contribution is -0.141. The molecule has 0 bridgehead atoms. The molecule has 0 atom stereocenters. The minimum atomic E-state index is -0.248. The van der Waals surface area contributed by atoms with E-state index in [4.69, 9.17) is 0 Å². The highest BCUT2D eigenvalue weighted by Gasteiger charge is 2.30. The molecule has 154 valence electrons. The van der Waals surface area contributed by atoms with Crippen LogP contribution in [0.25, 0.3) is 10.8 Å². The molecule has 2 saturated heterocycles. The first-order valence-corrected chi connectivity index (χ1v) is 10.6. The van der Waals surface area contributed by atoms with E-state index in [1.54, 1.807) is 17.2 Å². The highest BCUT2D eigenvalue weighted by Crippen LogP contribution is 2.22. The van der Waals surface area contributed by atoms with Crippen LogP contribution in [-0.4, -0.2) is 57.6 Å². The quantitative estimate of drug-likeness (QED) is 0.796. The molecule has 2 fully saturated rings. The van der Waals surface area contributed by atoms with Crippen molar-refractivity contribution in [2.24, 2.45) is 5.92 Å². The highest BCUT2D eigenvalue weighted by atomic mass is 16.2. The summed E-state index contributed by atoms with van der Waals surface area (Å²) in [5.74, 6) is 0.153. The van der Waals surface area contributed by atoms with Gasteiger partial charge in [-0.05, 0) is 31.7 Å². The van der Waals surface area contributed by atoms with Crippen LogP contribution in [0.2, 0.25) is 0 Å². The van der Waals surface area contributed by atoms with Gasteiger partial charge in [0.1, 0.15) is 6.54 Å². The molecule has 2 aliphatic rings. The van der Waals surface area contributed by atoms with Gasteiger partial charge in [-0.1, -0.05) is 31.0 Å². The van der Waals surface area contributed by atoms with Crippen molar-refractivity contribution in [3.63, 3.8) is 0 Å². The van der Waals surface area contributed by atoms with E-state index in [-0.39, 0.29) is 29.8 Å². The van der Waals surface area contributed by atoms with Crippen molar-refractivity contribution in [2.75, 3.05) is 26.2 Å². The Balaban J connectivity index is 1.35. The van der Waals surface area contributed by atoms with E-state index in [9.17, 15) is 14.4 Å². The van der Waals surface area contributed by atoms with Crippen LogP contribution < -0.4 is 5.56 Å². The lowest BCUT2D eigenvalue weighted by atomic mass is 9.95. The highest BCUT2D eigenvalue weighted by molar-refractivity contribution is 5.82. The van der Waals surface area contributed by atoms with E-state index in [0.29, 0.717) is 31.3 Å².